The van der Waals surface area contributed by atoms with Crippen molar-refractivity contribution in [2.45, 2.75) is 31.8 Å². The van der Waals surface area contributed by atoms with E-state index in [1.165, 1.54) is 31.3 Å². The number of sulfonamides is 1. The molecular weight excluding hydrogens is 340 g/mol. The third kappa shape index (κ3) is 4.73. The largest absolute Gasteiger partial charge is 0.481 e. The van der Waals surface area contributed by atoms with Gasteiger partial charge in [0.25, 0.3) is 15.9 Å². The molecule has 25 heavy (non-hydrogen) atoms. The molecule has 0 saturated heterocycles. The maximum atomic E-state index is 12.5. The molecule has 2 rings (SSSR count). The molecule has 0 fully saturated rings. The highest BCUT2D eigenvalue weighted by atomic mass is 32.2. The van der Waals surface area contributed by atoms with E-state index < -0.39 is 16.1 Å². The van der Waals surface area contributed by atoms with Gasteiger partial charge in [-0.15, -0.1) is 0 Å². The predicted octanol–water partition coefficient (Wildman–Crippen LogP) is 2.62. The van der Waals surface area contributed by atoms with Crippen LogP contribution in [0.3, 0.4) is 0 Å². The average molecular weight is 362 g/mol. The molecule has 0 aliphatic carbocycles. The van der Waals surface area contributed by atoms with Crippen molar-refractivity contribution in [1.29, 1.82) is 0 Å². The van der Waals surface area contributed by atoms with Crippen molar-refractivity contribution in [2.24, 2.45) is 0 Å². The number of ether oxygens (including phenoxy) is 1. The smallest absolute Gasteiger partial charge is 0.261 e. The quantitative estimate of drug-likeness (QED) is 0.827. The van der Waals surface area contributed by atoms with Crippen LogP contribution < -0.4 is 14.8 Å². The summed E-state index contributed by atoms with van der Waals surface area (Å²) in [7, 11) is -2.18. The number of carbonyl (C=O) groups excluding carboxylic acids is 1. The first-order valence-electron chi connectivity index (χ1n) is 7.81. The van der Waals surface area contributed by atoms with E-state index in [0.717, 1.165) is 11.1 Å². The third-order valence-corrected chi connectivity index (χ3v) is 5.07. The molecule has 2 N–H and O–H groups in total. The van der Waals surface area contributed by atoms with Crippen molar-refractivity contribution in [2.75, 3.05) is 11.8 Å². The Morgan fingerprint density at radius 1 is 1.08 bits per heavy atom. The highest BCUT2D eigenvalue weighted by Crippen LogP contribution is 2.22. The van der Waals surface area contributed by atoms with Crippen LogP contribution in [0.15, 0.2) is 47.4 Å². The van der Waals surface area contributed by atoms with Gasteiger partial charge in [0.1, 0.15) is 5.75 Å². The minimum Gasteiger partial charge on any atom is -0.481 e. The normalized spacial score (nSPS) is 12.3. The number of amides is 1. The summed E-state index contributed by atoms with van der Waals surface area (Å²) in [6.45, 7) is 5.41. The SMILES string of the molecule is CNC(=O)[C@H](C)Oc1ccc(S(=O)(=O)Nc2ccc(C)cc2C)cc1. The maximum absolute atomic E-state index is 12.5. The maximum Gasteiger partial charge on any atom is 0.261 e. The topological polar surface area (TPSA) is 84.5 Å². The first kappa shape index (κ1) is 18.8. The zero-order chi connectivity index (χ0) is 18.6. The molecule has 1 atom stereocenters. The van der Waals surface area contributed by atoms with E-state index in [0.29, 0.717) is 11.4 Å². The van der Waals surface area contributed by atoms with Gasteiger partial charge >= 0.3 is 0 Å². The Labute approximate surface area is 148 Å². The lowest BCUT2D eigenvalue weighted by Crippen LogP contribution is -2.33. The van der Waals surface area contributed by atoms with Crippen molar-refractivity contribution in [3.8, 4) is 5.75 Å². The Morgan fingerprint density at radius 2 is 1.72 bits per heavy atom. The fourth-order valence-corrected chi connectivity index (χ4v) is 3.42. The minimum absolute atomic E-state index is 0.118. The van der Waals surface area contributed by atoms with E-state index in [1.54, 1.807) is 13.0 Å². The van der Waals surface area contributed by atoms with Crippen LogP contribution in [0.5, 0.6) is 5.75 Å². The molecule has 0 heterocycles. The number of carbonyl (C=O) groups is 1. The number of benzene rings is 2. The second kappa shape index (κ2) is 7.57. The summed E-state index contributed by atoms with van der Waals surface area (Å²) in [6, 6.07) is 11.4. The lowest BCUT2D eigenvalue weighted by Gasteiger charge is -2.14. The van der Waals surface area contributed by atoms with Gasteiger partial charge in [0.15, 0.2) is 6.10 Å². The molecule has 0 aliphatic rings. The van der Waals surface area contributed by atoms with E-state index in [9.17, 15) is 13.2 Å². The molecule has 0 bridgehead atoms. The summed E-state index contributed by atoms with van der Waals surface area (Å²) in [4.78, 5) is 11.6. The van der Waals surface area contributed by atoms with Crippen molar-refractivity contribution in [1.82, 2.24) is 5.32 Å². The number of nitrogens with one attached hydrogen (secondary N) is 2. The summed E-state index contributed by atoms with van der Waals surface area (Å²) in [5.74, 6) is 0.162. The molecule has 6 nitrogen and oxygen atoms in total. The lowest BCUT2D eigenvalue weighted by molar-refractivity contribution is -0.126. The molecule has 2 aromatic carbocycles. The Kier molecular flexibility index (Phi) is 5.69. The van der Waals surface area contributed by atoms with E-state index in [-0.39, 0.29) is 10.8 Å². The standard InChI is InChI=1S/C18H22N2O4S/c1-12-5-10-17(13(2)11-12)20-25(22,23)16-8-6-15(7-9-16)24-14(3)18(21)19-4/h5-11,14,20H,1-4H3,(H,19,21)/t14-/m0/s1. The van der Waals surface area contributed by atoms with E-state index >= 15 is 0 Å². The van der Waals surface area contributed by atoms with Crippen LogP contribution in [0.2, 0.25) is 0 Å². The molecule has 7 heteroatoms. The van der Waals surface area contributed by atoms with E-state index in [2.05, 4.69) is 10.0 Å². The van der Waals surface area contributed by atoms with Gasteiger partial charge in [0.05, 0.1) is 10.6 Å². The zero-order valence-corrected chi connectivity index (χ0v) is 15.5. The van der Waals surface area contributed by atoms with Gasteiger partial charge in [-0.1, -0.05) is 17.7 Å². The van der Waals surface area contributed by atoms with Crippen LogP contribution in [0.1, 0.15) is 18.1 Å². The van der Waals surface area contributed by atoms with Crippen LogP contribution in [-0.4, -0.2) is 27.5 Å². The molecule has 2 aromatic rings. The number of hydrogen-bond acceptors (Lipinski definition) is 4. The molecule has 134 valence electrons. The summed E-state index contributed by atoms with van der Waals surface area (Å²) >= 11 is 0. The molecule has 0 unspecified atom stereocenters. The fourth-order valence-electron chi connectivity index (χ4n) is 2.29. The Hall–Kier alpha value is -2.54. The number of anilines is 1. The number of likely N-dealkylation sites (N-methyl/N-ethyl adjacent to an activating group) is 1. The van der Waals surface area contributed by atoms with Crippen LogP contribution >= 0.6 is 0 Å². The monoisotopic (exact) mass is 362 g/mol. The molecule has 0 radical (unpaired) electrons. The van der Waals surface area contributed by atoms with Crippen LogP contribution in [0.25, 0.3) is 0 Å². The molecule has 1 amide bonds. The Bertz CT molecular complexity index is 861. The number of rotatable bonds is 6. The lowest BCUT2D eigenvalue weighted by atomic mass is 10.1. The Balaban J connectivity index is 2.16. The first-order valence-corrected chi connectivity index (χ1v) is 9.29. The second-order valence-corrected chi connectivity index (χ2v) is 7.45. The van der Waals surface area contributed by atoms with Gasteiger partial charge in [0.2, 0.25) is 0 Å². The highest BCUT2D eigenvalue weighted by Gasteiger charge is 2.17. The third-order valence-electron chi connectivity index (χ3n) is 3.69. The van der Waals surface area contributed by atoms with Crippen molar-refractivity contribution >= 4 is 21.6 Å². The minimum atomic E-state index is -3.70. The van der Waals surface area contributed by atoms with Crippen LogP contribution in [0.4, 0.5) is 5.69 Å². The van der Waals surface area contributed by atoms with Crippen molar-refractivity contribution < 1.29 is 17.9 Å². The molecule has 0 spiro atoms. The number of hydrogen-bond donors (Lipinski definition) is 2. The Morgan fingerprint density at radius 3 is 2.28 bits per heavy atom. The second-order valence-electron chi connectivity index (χ2n) is 5.77. The summed E-state index contributed by atoms with van der Waals surface area (Å²) in [5, 5.41) is 2.49. The average Bonchev–Trinajstić information content (AvgIpc) is 2.57. The molecular formula is C18H22N2O4S. The summed E-state index contributed by atoms with van der Waals surface area (Å²) in [6.07, 6.45) is -0.666. The van der Waals surface area contributed by atoms with Gasteiger partial charge in [-0.3, -0.25) is 9.52 Å². The molecule has 0 aliphatic heterocycles. The van der Waals surface area contributed by atoms with Gasteiger partial charge < -0.3 is 10.1 Å². The zero-order valence-electron chi connectivity index (χ0n) is 14.7. The van der Waals surface area contributed by atoms with Gasteiger partial charge in [-0.05, 0) is 56.7 Å². The van der Waals surface area contributed by atoms with E-state index in [4.69, 9.17) is 4.74 Å². The highest BCUT2D eigenvalue weighted by molar-refractivity contribution is 7.92. The predicted molar refractivity (Wildman–Crippen MR) is 97.3 cm³/mol. The van der Waals surface area contributed by atoms with E-state index in [1.807, 2.05) is 26.0 Å². The van der Waals surface area contributed by atoms with Gasteiger partial charge in [-0.25, -0.2) is 8.42 Å². The summed E-state index contributed by atoms with van der Waals surface area (Å²) in [5.41, 5.74) is 2.45. The summed E-state index contributed by atoms with van der Waals surface area (Å²) < 4.78 is 33.1. The number of aryl methyl sites for hydroxylation is 2. The van der Waals surface area contributed by atoms with Crippen molar-refractivity contribution in [3.63, 3.8) is 0 Å². The van der Waals surface area contributed by atoms with Crippen molar-refractivity contribution in [3.05, 3.63) is 53.6 Å². The fraction of sp³-hybridized carbons (Fsp3) is 0.278. The van der Waals surface area contributed by atoms with Gasteiger partial charge in [0, 0.05) is 7.05 Å². The first-order chi connectivity index (χ1) is 11.7. The van der Waals surface area contributed by atoms with Gasteiger partial charge in [-0.2, -0.15) is 0 Å². The van der Waals surface area contributed by atoms with Crippen LogP contribution in [-0.2, 0) is 14.8 Å². The van der Waals surface area contributed by atoms with Crippen LogP contribution in [0, 0.1) is 13.8 Å². The molecule has 0 saturated carbocycles. The molecule has 0 aromatic heterocycles.